The molecule has 1 unspecified atom stereocenters. The molecule has 0 saturated carbocycles. The first-order valence-electron chi connectivity index (χ1n) is 14.9. The van der Waals surface area contributed by atoms with Crippen molar-refractivity contribution in [2.24, 2.45) is 7.05 Å². The summed E-state index contributed by atoms with van der Waals surface area (Å²) in [7, 11) is 1.98. The van der Waals surface area contributed by atoms with E-state index in [-0.39, 0.29) is 23.9 Å². The normalized spacial score (nSPS) is 21.3. The van der Waals surface area contributed by atoms with Crippen LogP contribution < -0.4 is 4.74 Å². The maximum Gasteiger partial charge on any atom is 0.410 e. The maximum absolute atomic E-state index is 15.4. The number of nitrogens with zero attached hydrogens (tertiary/aromatic N) is 4. The molecule has 1 atom stereocenters. The number of fused-ring (bicyclic) bond motifs is 4. The summed E-state index contributed by atoms with van der Waals surface area (Å²) in [4.78, 5) is 34.5. The molecule has 1 aromatic heterocycles. The molecule has 0 N–H and O–H groups in total. The van der Waals surface area contributed by atoms with Gasteiger partial charge in [-0.1, -0.05) is 6.07 Å². The van der Waals surface area contributed by atoms with Crippen LogP contribution in [0.2, 0.25) is 0 Å². The number of piperidine rings is 2. The van der Waals surface area contributed by atoms with Crippen molar-refractivity contribution in [2.75, 3.05) is 19.6 Å². The molecule has 2 aromatic rings. The molecule has 0 radical (unpaired) electrons. The summed E-state index contributed by atoms with van der Waals surface area (Å²) in [5, 5.41) is 0. The second kappa shape index (κ2) is 10.2. The number of halogens is 1. The van der Waals surface area contributed by atoms with Crippen LogP contribution in [-0.2, 0) is 22.1 Å². The molecule has 230 valence electrons. The highest BCUT2D eigenvalue weighted by molar-refractivity contribution is 5.74. The monoisotopic (exact) mass is 584 g/mol. The number of carbonyl (C=O) groups is 2. The fourth-order valence-electron chi connectivity index (χ4n) is 6.65. The number of hydrogen-bond donors (Lipinski definition) is 0. The van der Waals surface area contributed by atoms with E-state index < -0.39 is 22.3 Å². The van der Waals surface area contributed by atoms with E-state index in [1.54, 1.807) is 17.0 Å². The van der Waals surface area contributed by atoms with Crippen molar-refractivity contribution >= 4 is 12.2 Å². The van der Waals surface area contributed by atoms with Gasteiger partial charge in [-0.3, -0.25) is 0 Å². The first-order valence-corrected chi connectivity index (χ1v) is 14.9. The van der Waals surface area contributed by atoms with Crippen LogP contribution in [0.5, 0.6) is 5.75 Å². The van der Waals surface area contributed by atoms with Gasteiger partial charge in [-0.15, -0.1) is 0 Å². The van der Waals surface area contributed by atoms with Crippen LogP contribution in [0.1, 0.15) is 98.5 Å². The molecular formula is C32H45FN4O5. The molecule has 0 bridgehead atoms. The molecule has 3 aliphatic rings. The number of aromatic nitrogens is 2. The SMILES string of the molecule is Cn1c(C2CCN(C(=O)OC(C)(C)C)C(C)(C)C2)nc2c1C1(CCN(C(=O)OC(C)(C)C)CC1)Oc1cccc(F)c1-2. The molecule has 3 aliphatic heterocycles. The van der Waals surface area contributed by atoms with Gasteiger partial charge in [0.15, 0.2) is 5.60 Å². The van der Waals surface area contributed by atoms with Gasteiger partial charge in [-0.25, -0.2) is 19.0 Å². The van der Waals surface area contributed by atoms with E-state index in [1.807, 2.05) is 53.5 Å². The highest BCUT2D eigenvalue weighted by Gasteiger charge is 2.50. The number of carbonyl (C=O) groups excluding carboxylic acids is 2. The largest absolute Gasteiger partial charge is 0.480 e. The molecule has 2 saturated heterocycles. The lowest BCUT2D eigenvalue weighted by molar-refractivity contribution is -0.0253. The van der Waals surface area contributed by atoms with E-state index in [4.69, 9.17) is 19.2 Å². The minimum atomic E-state index is -0.763. The van der Waals surface area contributed by atoms with Gasteiger partial charge in [-0.2, -0.15) is 0 Å². The van der Waals surface area contributed by atoms with Gasteiger partial charge in [0.05, 0.1) is 11.3 Å². The minimum Gasteiger partial charge on any atom is -0.480 e. The van der Waals surface area contributed by atoms with E-state index in [1.165, 1.54) is 6.07 Å². The lowest BCUT2D eigenvalue weighted by Crippen LogP contribution is -2.54. The molecule has 5 rings (SSSR count). The summed E-state index contributed by atoms with van der Waals surface area (Å²) in [5.74, 6) is 0.992. The zero-order valence-electron chi connectivity index (χ0n) is 26.5. The zero-order chi connectivity index (χ0) is 30.8. The molecule has 9 nitrogen and oxygen atoms in total. The fourth-order valence-corrected chi connectivity index (χ4v) is 6.65. The van der Waals surface area contributed by atoms with Crippen LogP contribution in [0.25, 0.3) is 11.3 Å². The Bertz CT molecular complexity index is 1380. The summed E-state index contributed by atoms with van der Waals surface area (Å²) < 4.78 is 35.4. The summed E-state index contributed by atoms with van der Waals surface area (Å²) in [6, 6.07) is 4.88. The summed E-state index contributed by atoms with van der Waals surface area (Å²) in [5.41, 5.74) is -0.569. The van der Waals surface area contributed by atoms with Crippen molar-refractivity contribution in [3.63, 3.8) is 0 Å². The van der Waals surface area contributed by atoms with Crippen LogP contribution in [0.3, 0.4) is 0 Å². The fraction of sp³-hybridized carbons (Fsp3) is 0.656. The lowest BCUT2D eigenvalue weighted by Gasteiger charge is -2.46. The Kier molecular flexibility index (Phi) is 7.30. The van der Waals surface area contributed by atoms with Gasteiger partial charge < -0.3 is 28.6 Å². The Balaban J connectivity index is 1.47. The first kappa shape index (κ1) is 30.2. The Labute approximate surface area is 248 Å². The maximum atomic E-state index is 15.4. The Morgan fingerprint density at radius 2 is 1.62 bits per heavy atom. The van der Waals surface area contributed by atoms with E-state index in [0.29, 0.717) is 62.3 Å². The van der Waals surface area contributed by atoms with E-state index in [2.05, 4.69) is 18.4 Å². The quantitative estimate of drug-likeness (QED) is 0.369. The molecule has 2 fully saturated rings. The highest BCUT2D eigenvalue weighted by atomic mass is 19.1. The standard InChI is InChI=1S/C32H45FN4O5/c1-29(2,3)41-27(38)36-17-14-32(15-18-36)25-24(23-21(33)11-10-12-22(23)40-32)34-26(35(25)9)20-13-16-37(31(7,8)19-20)28(39)42-30(4,5)6/h10-12,20H,13-19H2,1-9H3. The summed E-state index contributed by atoms with van der Waals surface area (Å²) in [6.07, 6.45) is 1.78. The Morgan fingerprint density at radius 1 is 1.00 bits per heavy atom. The predicted octanol–water partition coefficient (Wildman–Crippen LogP) is 6.74. The molecule has 0 aliphatic carbocycles. The Hall–Kier alpha value is -3.30. The van der Waals surface area contributed by atoms with Crippen molar-refractivity contribution in [1.29, 1.82) is 0 Å². The molecule has 1 spiro atoms. The van der Waals surface area contributed by atoms with Crippen LogP contribution in [0, 0.1) is 5.82 Å². The minimum absolute atomic E-state index is 0.0448. The van der Waals surface area contributed by atoms with Crippen LogP contribution in [-0.4, -0.2) is 67.9 Å². The number of rotatable bonds is 1. The number of hydrogen-bond acceptors (Lipinski definition) is 6. The first-order chi connectivity index (χ1) is 19.4. The summed E-state index contributed by atoms with van der Waals surface area (Å²) >= 11 is 0. The average molecular weight is 585 g/mol. The summed E-state index contributed by atoms with van der Waals surface area (Å²) in [6.45, 7) is 16.7. The van der Waals surface area contributed by atoms with Gasteiger partial charge in [0.2, 0.25) is 0 Å². The van der Waals surface area contributed by atoms with Crippen LogP contribution >= 0.6 is 0 Å². The van der Waals surface area contributed by atoms with Gasteiger partial charge in [0.25, 0.3) is 0 Å². The third-order valence-electron chi connectivity index (χ3n) is 8.46. The predicted molar refractivity (Wildman–Crippen MR) is 157 cm³/mol. The van der Waals surface area contributed by atoms with Crippen molar-refractivity contribution in [3.05, 3.63) is 35.5 Å². The second-order valence-corrected chi connectivity index (χ2v) is 14.5. The van der Waals surface area contributed by atoms with E-state index in [9.17, 15) is 9.59 Å². The van der Waals surface area contributed by atoms with Gasteiger partial charge in [-0.05, 0) is 80.4 Å². The molecule has 4 heterocycles. The number of likely N-dealkylation sites (tertiary alicyclic amines) is 2. The highest BCUT2D eigenvalue weighted by Crippen LogP contribution is 2.51. The molecule has 10 heteroatoms. The van der Waals surface area contributed by atoms with Gasteiger partial charge in [0, 0.05) is 51.0 Å². The Morgan fingerprint density at radius 3 is 2.21 bits per heavy atom. The number of benzene rings is 1. The topological polar surface area (TPSA) is 86.1 Å². The third kappa shape index (κ3) is 5.56. The van der Waals surface area contributed by atoms with Gasteiger partial charge >= 0.3 is 12.2 Å². The van der Waals surface area contributed by atoms with Crippen molar-refractivity contribution in [1.82, 2.24) is 19.4 Å². The van der Waals surface area contributed by atoms with Crippen molar-refractivity contribution in [2.45, 2.75) is 109 Å². The average Bonchev–Trinajstić information content (AvgIpc) is 3.19. The molecule has 1 aromatic carbocycles. The lowest BCUT2D eigenvalue weighted by atomic mass is 9.82. The third-order valence-corrected chi connectivity index (χ3v) is 8.46. The smallest absolute Gasteiger partial charge is 0.410 e. The molecular weight excluding hydrogens is 539 g/mol. The van der Waals surface area contributed by atoms with E-state index in [0.717, 1.165) is 11.5 Å². The van der Waals surface area contributed by atoms with E-state index >= 15 is 4.39 Å². The molecule has 42 heavy (non-hydrogen) atoms. The van der Waals surface area contributed by atoms with Crippen molar-refractivity contribution < 1.29 is 28.2 Å². The van der Waals surface area contributed by atoms with Gasteiger partial charge in [0.1, 0.15) is 34.3 Å². The molecule has 2 amide bonds. The number of amides is 2. The van der Waals surface area contributed by atoms with Crippen LogP contribution in [0.4, 0.5) is 14.0 Å². The number of ether oxygens (including phenoxy) is 3. The number of imidazole rings is 1. The zero-order valence-corrected chi connectivity index (χ0v) is 26.5. The second-order valence-electron chi connectivity index (χ2n) is 14.5. The van der Waals surface area contributed by atoms with Crippen molar-refractivity contribution in [3.8, 4) is 17.0 Å². The van der Waals surface area contributed by atoms with Crippen LogP contribution in [0.15, 0.2) is 18.2 Å².